The molecular formula is C23H33IN4O2. The highest BCUT2D eigenvalue weighted by atomic mass is 127. The van der Waals surface area contributed by atoms with Crippen molar-refractivity contribution in [1.82, 2.24) is 15.6 Å². The Bertz CT molecular complexity index is 805. The van der Waals surface area contributed by atoms with Crippen molar-refractivity contribution in [1.29, 1.82) is 0 Å². The Kier molecular flexibility index (Phi) is 10.4. The van der Waals surface area contributed by atoms with Crippen molar-refractivity contribution in [3.63, 3.8) is 0 Å². The summed E-state index contributed by atoms with van der Waals surface area (Å²) in [6.07, 6.45) is 3.90. The number of rotatable bonds is 8. The molecule has 7 heteroatoms. The number of aryl methyl sites for hydroxylation is 2. The van der Waals surface area contributed by atoms with E-state index in [2.05, 4.69) is 51.8 Å². The van der Waals surface area contributed by atoms with Gasteiger partial charge in [-0.2, -0.15) is 0 Å². The minimum atomic E-state index is 0. The lowest BCUT2D eigenvalue weighted by Gasteiger charge is -2.17. The second-order valence-corrected chi connectivity index (χ2v) is 7.56. The van der Waals surface area contributed by atoms with Crippen LogP contribution in [0, 0.1) is 19.8 Å². The van der Waals surface area contributed by atoms with Crippen LogP contribution in [0.3, 0.4) is 0 Å². The first kappa shape index (κ1) is 24.4. The first-order valence-corrected chi connectivity index (χ1v) is 10.3. The molecule has 1 aromatic carbocycles. The average Bonchev–Trinajstić information content (AvgIpc) is 3.25. The number of aromatic nitrogens is 1. The number of benzene rings is 1. The summed E-state index contributed by atoms with van der Waals surface area (Å²) in [6.45, 7) is 7.88. The summed E-state index contributed by atoms with van der Waals surface area (Å²) in [7, 11) is 1.79. The van der Waals surface area contributed by atoms with Crippen molar-refractivity contribution in [2.24, 2.45) is 10.9 Å². The molecule has 2 aromatic rings. The molecule has 1 saturated heterocycles. The summed E-state index contributed by atoms with van der Waals surface area (Å²) in [6, 6.07) is 10.5. The van der Waals surface area contributed by atoms with Gasteiger partial charge in [0.05, 0.1) is 13.2 Å². The van der Waals surface area contributed by atoms with Gasteiger partial charge in [-0.25, -0.2) is 0 Å². The third-order valence-corrected chi connectivity index (χ3v) is 5.07. The molecule has 1 fully saturated rings. The molecule has 6 nitrogen and oxygen atoms in total. The van der Waals surface area contributed by atoms with Gasteiger partial charge < -0.3 is 20.1 Å². The zero-order chi connectivity index (χ0) is 20.5. The van der Waals surface area contributed by atoms with E-state index < -0.39 is 0 Å². The molecular weight excluding hydrogens is 491 g/mol. The van der Waals surface area contributed by atoms with E-state index in [9.17, 15) is 0 Å². The van der Waals surface area contributed by atoms with Gasteiger partial charge >= 0.3 is 0 Å². The van der Waals surface area contributed by atoms with Gasteiger partial charge in [-0.3, -0.25) is 9.98 Å². The minimum absolute atomic E-state index is 0. The molecule has 2 N–H and O–H groups in total. The second-order valence-electron chi connectivity index (χ2n) is 7.56. The molecule has 1 aromatic heterocycles. The third-order valence-electron chi connectivity index (χ3n) is 5.07. The summed E-state index contributed by atoms with van der Waals surface area (Å²) >= 11 is 0. The van der Waals surface area contributed by atoms with E-state index in [4.69, 9.17) is 9.47 Å². The van der Waals surface area contributed by atoms with Crippen molar-refractivity contribution in [3.8, 4) is 5.75 Å². The quantitative estimate of drug-likeness (QED) is 0.314. The molecule has 0 spiro atoms. The molecule has 0 bridgehead atoms. The molecule has 1 aliphatic heterocycles. The fourth-order valence-corrected chi connectivity index (χ4v) is 3.24. The van der Waals surface area contributed by atoms with Crippen LogP contribution in [0.2, 0.25) is 0 Å². The number of hydrogen-bond donors (Lipinski definition) is 2. The summed E-state index contributed by atoms with van der Waals surface area (Å²) in [4.78, 5) is 8.67. The van der Waals surface area contributed by atoms with Crippen molar-refractivity contribution in [2.45, 2.75) is 33.2 Å². The van der Waals surface area contributed by atoms with Crippen molar-refractivity contribution >= 4 is 29.9 Å². The number of hydrogen-bond acceptors (Lipinski definition) is 4. The molecule has 3 rings (SSSR count). The Morgan fingerprint density at radius 1 is 1.23 bits per heavy atom. The standard InChI is InChI=1S/C23H32N4O2.HI/c1-17-4-7-21(22(12-17)29-16-20-9-11-28-15-20)14-27-23(24-3)25-10-8-19-6-5-18(2)26-13-19;/h4-7,12-13,20H,8-11,14-16H2,1-3H3,(H2,24,25,27);1H. The maximum absolute atomic E-state index is 6.13. The predicted molar refractivity (Wildman–Crippen MR) is 132 cm³/mol. The van der Waals surface area contributed by atoms with Gasteiger partial charge in [0.25, 0.3) is 0 Å². The smallest absolute Gasteiger partial charge is 0.191 e. The predicted octanol–water partition coefficient (Wildman–Crippen LogP) is 3.64. The molecule has 1 unspecified atom stereocenters. The molecule has 0 aliphatic carbocycles. The van der Waals surface area contributed by atoms with Crippen LogP contribution in [0.25, 0.3) is 0 Å². The lowest BCUT2D eigenvalue weighted by atomic mass is 10.1. The summed E-state index contributed by atoms with van der Waals surface area (Å²) in [5.41, 5.74) is 4.57. The number of ether oxygens (including phenoxy) is 2. The third kappa shape index (κ3) is 7.75. The Hall–Kier alpha value is -1.87. The Morgan fingerprint density at radius 3 is 2.80 bits per heavy atom. The zero-order valence-electron chi connectivity index (χ0n) is 18.1. The van der Waals surface area contributed by atoms with E-state index in [1.807, 2.05) is 19.2 Å². The molecule has 0 amide bonds. The fraction of sp³-hybridized carbons (Fsp3) is 0.478. The first-order valence-electron chi connectivity index (χ1n) is 10.3. The van der Waals surface area contributed by atoms with Crippen LogP contribution >= 0.6 is 24.0 Å². The number of guanidine groups is 1. The van der Waals surface area contributed by atoms with E-state index in [-0.39, 0.29) is 24.0 Å². The molecule has 1 atom stereocenters. The SMILES string of the molecule is CN=C(NCCc1ccc(C)nc1)NCc1ccc(C)cc1OCC1CCOC1.I. The minimum Gasteiger partial charge on any atom is -0.493 e. The average molecular weight is 524 g/mol. The number of nitrogens with one attached hydrogen (secondary N) is 2. The topological polar surface area (TPSA) is 67.8 Å². The van der Waals surface area contributed by atoms with Gasteiger partial charge in [-0.1, -0.05) is 18.2 Å². The molecule has 1 aliphatic rings. The lowest BCUT2D eigenvalue weighted by molar-refractivity contribution is 0.166. The maximum atomic E-state index is 6.13. The van der Waals surface area contributed by atoms with Crippen LogP contribution in [-0.2, 0) is 17.7 Å². The lowest BCUT2D eigenvalue weighted by Crippen LogP contribution is -2.38. The Morgan fingerprint density at radius 2 is 2.10 bits per heavy atom. The van der Waals surface area contributed by atoms with Crippen LogP contribution < -0.4 is 15.4 Å². The van der Waals surface area contributed by atoms with Crippen molar-refractivity contribution in [3.05, 3.63) is 58.9 Å². The van der Waals surface area contributed by atoms with Gasteiger partial charge in [0, 0.05) is 50.1 Å². The van der Waals surface area contributed by atoms with Gasteiger partial charge in [0.15, 0.2) is 5.96 Å². The van der Waals surface area contributed by atoms with E-state index in [0.717, 1.165) is 55.6 Å². The highest BCUT2D eigenvalue weighted by Crippen LogP contribution is 2.22. The van der Waals surface area contributed by atoms with Crippen LogP contribution in [0.15, 0.2) is 41.5 Å². The Labute approximate surface area is 196 Å². The van der Waals surface area contributed by atoms with E-state index in [0.29, 0.717) is 19.1 Å². The summed E-state index contributed by atoms with van der Waals surface area (Å²) in [5, 5.41) is 6.75. The number of nitrogens with zero attached hydrogens (tertiary/aromatic N) is 2. The summed E-state index contributed by atoms with van der Waals surface area (Å²) in [5.74, 6) is 2.20. The van der Waals surface area contributed by atoms with Gasteiger partial charge in [-0.05, 0) is 49.9 Å². The van der Waals surface area contributed by atoms with Crippen LogP contribution in [-0.4, -0.2) is 44.4 Å². The summed E-state index contributed by atoms with van der Waals surface area (Å²) < 4.78 is 11.6. The van der Waals surface area contributed by atoms with Crippen molar-refractivity contribution in [2.75, 3.05) is 33.4 Å². The van der Waals surface area contributed by atoms with Gasteiger partial charge in [-0.15, -0.1) is 24.0 Å². The molecule has 164 valence electrons. The highest BCUT2D eigenvalue weighted by Gasteiger charge is 2.17. The number of halogens is 1. The van der Waals surface area contributed by atoms with E-state index in [1.54, 1.807) is 7.05 Å². The number of aliphatic imine (C=N–C) groups is 1. The maximum Gasteiger partial charge on any atom is 0.191 e. The van der Waals surface area contributed by atoms with Crippen LogP contribution in [0.5, 0.6) is 5.75 Å². The van der Waals surface area contributed by atoms with E-state index >= 15 is 0 Å². The van der Waals surface area contributed by atoms with Crippen LogP contribution in [0.4, 0.5) is 0 Å². The normalized spacial score (nSPS) is 16.1. The monoisotopic (exact) mass is 524 g/mol. The molecule has 30 heavy (non-hydrogen) atoms. The zero-order valence-corrected chi connectivity index (χ0v) is 20.4. The first-order chi connectivity index (χ1) is 14.1. The van der Waals surface area contributed by atoms with Gasteiger partial charge in [0.2, 0.25) is 0 Å². The van der Waals surface area contributed by atoms with Crippen molar-refractivity contribution < 1.29 is 9.47 Å². The Balaban J connectivity index is 0.00000320. The number of pyridine rings is 1. The molecule has 2 heterocycles. The fourth-order valence-electron chi connectivity index (χ4n) is 3.24. The molecule has 0 saturated carbocycles. The van der Waals surface area contributed by atoms with Gasteiger partial charge in [0.1, 0.15) is 5.75 Å². The van der Waals surface area contributed by atoms with E-state index in [1.165, 1.54) is 11.1 Å². The second kappa shape index (κ2) is 12.7. The van der Waals surface area contributed by atoms with Crippen LogP contribution in [0.1, 0.15) is 28.8 Å². The largest absolute Gasteiger partial charge is 0.493 e. The molecule has 0 radical (unpaired) electrons. The highest BCUT2D eigenvalue weighted by molar-refractivity contribution is 14.0.